The van der Waals surface area contributed by atoms with E-state index in [-0.39, 0.29) is 0 Å². The standard InChI is InChI=1S/C8H16N2O/c1-3-11-8(2)10-6-4-9-5-7-10/h9H,2-7H2,1H3. The minimum Gasteiger partial charge on any atom is -0.480 e. The van der Waals surface area contributed by atoms with Gasteiger partial charge >= 0.3 is 0 Å². The molecule has 11 heavy (non-hydrogen) atoms. The highest BCUT2D eigenvalue weighted by molar-refractivity contribution is 4.86. The Hall–Kier alpha value is -0.700. The first-order valence-corrected chi connectivity index (χ1v) is 4.12. The summed E-state index contributed by atoms with van der Waals surface area (Å²) in [5.41, 5.74) is 0. The van der Waals surface area contributed by atoms with Crippen molar-refractivity contribution < 1.29 is 4.74 Å². The summed E-state index contributed by atoms with van der Waals surface area (Å²) in [7, 11) is 0. The lowest BCUT2D eigenvalue weighted by atomic mass is 10.4. The van der Waals surface area contributed by atoms with Gasteiger partial charge in [-0.2, -0.15) is 0 Å². The van der Waals surface area contributed by atoms with Gasteiger partial charge in [0.15, 0.2) is 5.88 Å². The van der Waals surface area contributed by atoms with Crippen molar-refractivity contribution in [1.29, 1.82) is 0 Å². The normalized spacial score (nSPS) is 18.1. The molecule has 0 aliphatic carbocycles. The number of ether oxygens (including phenoxy) is 1. The molecule has 3 heteroatoms. The van der Waals surface area contributed by atoms with Crippen molar-refractivity contribution in [3.05, 3.63) is 12.5 Å². The van der Waals surface area contributed by atoms with Crippen molar-refractivity contribution in [1.82, 2.24) is 10.2 Å². The first kappa shape index (κ1) is 8.40. The Bertz CT molecular complexity index is 130. The second-order valence-electron chi connectivity index (χ2n) is 2.56. The lowest BCUT2D eigenvalue weighted by Gasteiger charge is -2.29. The van der Waals surface area contributed by atoms with Gasteiger partial charge in [-0.15, -0.1) is 0 Å². The van der Waals surface area contributed by atoms with Gasteiger partial charge in [-0.1, -0.05) is 0 Å². The predicted molar refractivity (Wildman–Crippen MR) is 45.2 cm³/mol. The van der Waals surface area contributed by atoms with E-state index in [0.717, 1.165) is 32.1 Å². The van der Waals surface area contributed by atoms with Crippen LogP contribution in [0.1, 0.15) is 6.92 Å². The molecule has 1 rings (SSSR count). The van der Waals surface area contributed by atoms with Crippen LogP contribution in [0.3, 0.4) is 0 Å². The van der Waals surface area contributed by atoms with Crippen molar-refractivity contribution in [3.63, 3.8) is 0 Å². The quantitative estimate of drug-likeness (QED) is 0.599. The molecule has 0 spiro atoms. The maximum absolute atomic E-state index is 5.28. The largest absolute Gasteiger partial charge is 0.480 e. The molecule has 0 amide bonds. The lowest BCUT2D eigenvalue weighted by Crippen LogP contribution is -2.43. The van der Waals surface area contributed by atoms with Crippen molar-refractivity contribution >= 4 is 0 Å². The van der Waals surface area contributed by atoms with Crippen LogP contribution < -0.4 is 5.32 Å². The molecule has 1 aliphatic heterocycles. The van der Waals surface area contributed by atoms with E-state index in [9.17, 15) is 0 Å². The summed E-state index contributed by atoms with van der Waals surface area (Å²) in [6, 6.07) is 0. The van der Waals surface area contributed by atoms with E-state index >= 15 is 0 Å². The monoisotopic (exact) mass is 156 g/mol. The van der Waals surface area contributed by atoms with Crippen LogP contribution in [0.25, 0.3) is 0 Å². The van der Waals surface area contributed by atoms with Gasteiger partial charge in [0.05, 0.1) is 6.61 Å². The summed E-state index contributed by atoms with van der Waals surface area (Å²) >= 11 is 0. The number of rotatable bonds is 3. The van der Waals surface area contributed by atoms with Crippen LogP contribution in [-0.4, -0.2) is 37.7 Å². The van der Waals surface area contributed by atoms with Gasteiger partial charge in [-0.25, -0.2) is 0 Å². The van der Waals surface area contributed by atoms with E-state index in [1.54, 1.807) is 0 Å². The van der Waals surface area contributed by atoms with Crippen LogP contribution in [-0.2, 0) is 4.74 Å². The Morgan fingerprint density at radius 2 is 2.18 bits per heavy atom. The molecule has 0 atom stereocenters. The molecule has 1 heterocycles. The molecule has 1 aliphatic rings. The first-order valence-electron chi connectivity index (χ1n) is 4.12. The smallest absolute Gasteiger partial charge is 0.181 e. The van der Waals surface area contributed by atoms with E-state index in [1.807, 2.05) is 6.92 Å². The fourth-order valence-corrected chi connectivity index (χ4v) is 1.17. The van der Waals surface area contributed by atoms with Gasteiger partial charge in [-0.05, 0) is 13.5 Å². The van der Waals surface area contributed by atoms with Gasteiger partial charge in [0, 0.05) is 26.2 Å². The second-order valence-corrected chi connectivity index (χ2v) is 2.56. The maximum atomic E-state index is 5.28. The first-order chi connectivity index (χ1) is 5.34. The van der Waals surface area contributed by atoms with Crippen LogP contribution in [0.4, 0.5) is 0 Å². The molecular weight excluding hydrogens is 140 g/mol. The van der Waals surface area contributed by atoms with Crippen molar-refractivity contribution in [2.45, 2.75) is 6.92 Å². The molecule has 3 nitrogen and oxygen atoms in total. The fraction of sp³-hybridized carbons (Fsp3) is 0.750. The summed E-state index contributed by atoms with van der Waals surface area (Å²) in [4.78, 5) is 2.17. The Morgan fingerprint density at radius 3 is 2.73 bits per heavy atom. The van der Waals surface area contributed by atoms with Crippen LogP contribution in [0.15, 0.2) is 12.5 Å². The topological polar surface area (TPSA) is 24.5 Å². The van der Waals surface area contributed by atoms with Crippen LogP contribution in [0.2, 0.25) is 0 Å². The summed E-state index contributed by atoms with van der Waals surface area (Å²) in [5, 5.41) is 3.27. The molecule has 1 N–H and O–H groups in total. The Morgan fingerprint density at radius 1 is 1.55 bits per heavy atom. The number of hydrogen-bond acceptors (Lipinski definition) is 3. The average Bonchev–Trinajstić information content (AvgIpc) is 2.07. The van der Waals surface area contributed by atoms with E-state index < -0.39 is 0 Å². The van der Waals surface area contributed by atoms with Crippen LogP contribution in [0, 0.1) is 0 Å². The highest BCUT2D eigenvalue weighted by Gasteiger charge is 2.10. The predicted octanol–water partition coefficient (Wildman–Crippen LogP) is 0.399. The van der Waals surface area contributed by atoms with Gasteiger partial charge in [0.25, 0.3) is 0 Å². The van der Waals surface area contributed by atoms with Gasteiger partial charge < -0.3 is 15.0 Å². The van der Waals surface area contributed by atoms with Gasteiger partial charge in [0.2, 0.25) is 0 Å². The Labute approximate surface area is 68.0 Å². The average molecular weight is 156 g/mol. The Balaban J connectivity index is 2.27. The van der Waals surface area contributed by atoms with Crippen LogP contribution in [0.5, 0.6) is 0 Å². The van der Waals surface area contributed by atoms with E-state index in [0.29, 0.717) is 6.61 Å². The molecule has 0 saturated carbocycles. The van der Waals surface area contributed by atoms with Crippen molar-refractivity contribution in [2.75, 3.05) is 32.8 Å². The number of hydrogen-bond donors (Lipinski definition) is 1. The van der Waals surface area contributed by atoms with E-state index in [4.69, 9.17) is 4.74 Å². The number of nitrogens with one attached hydrogen (secondary N) is 1. The summed E-state index contributed by atoms with van der Waals surface area (Å²) in [5.74, 6) is 0.814. The zero-order valence-electron chi connectivity index (χ0n) is 7.10. The van der Waals surface area contributed by atoms with Crippen LogP contribution >= 0.6 is 0 Å². The molecule has 0 aromatic carbocycles. The van der Waals surface area contributed by atoms with Crippen molar-refractivity contribution in [2.24, 2.45) is 0 Å². The molecule has 1 fully saturated rings. The molecular formula is C8H16N2O. The molecule has 0 unspecified atom stereocenters. The SMILES string of the molecule is C=C(OCC)N1CCNCC1. The number of nitrogens with zero attached hydrogens (tertiary/aromatic N) is 1. The fourth-order valence-electron chi connectivity index (χ4n) is 1.17. The highest BCUT2D eigenvalue weighted by Crippen LogP contribution is 2.03. The molecule has 0 aromatic rings. The Kier molecular flexibility index (Phi) is 3.23. The summed E-state index contributed by atoms with van der Waals surface area (Å²) in [6.45, 7) is 10.6. The summed E-state index contributed by atoms with van der Waals surface area (Å²) in [6.07, 6.45) is 0. The molecule has 0 radical (unpaired) electrons. The maximum Gasteiger partial charge on any atom is 0.181 e. The van der Waals surface area contributed by atoms with Gasteiger partial charge in [-0.3, -0.25) is 0 Å². The van der Waals surface area contributed by atoms with E-state index in [2.05, 4.69) is 16.8 Å². The highest BCUT2D eigenvalue weighted by atomic mass is 16.5. The third-order valence-electron chi connectivity index (χ3n) is 1.78. The second kappa shape index (κ2) is 4.23. The molecule has 0 aromatic heterocycles. The molecule has 64 valence electrons. The van der Waals surface area contributed by atoms with Crippen molar-refractivity contribution in [3.8, 4) is 0 Å². The molecule has 0 bridgehead atoms. The summed E-state index contributed by atoms with van der Waals surface area (Å²) < 4.78 is 5.28. The molecule has 1 saturated heterocycles. The zero-order chi connectivity index (χ0) is 8.10. The zero-order valence-corrected chi connectivity index (χ0v) is 7.10. The third kappa shape index (κ3) is 2.42. The van der Waals surface area contributed by atoms with Gasteiger partial charge in [0.1, 0.15) is 0 Å². The minimum absolute atomic E-state index is 0.711. The lowest BCUT2D eigenvalue weighted by molar-refractivity contribution is 0.114. The third-order valence-corrected chi connectivity index (χ3v) is 1.78. The minimum atomic E-state index is 0.711. The van der Waals surface area contributed by atoms with E-state index in [1.165, 1.54) is 0 Å². The number of piperazine rings is 1.